The summed E-state index contributed by atoms with van der Waals surface area (Å²) in [6, 6.07) is 18.4. The number of hydrogen-bond donors (Lipinski definition) is 3. The lowest BCUT2D eigenvalue weighted by Crippen LogP contribution is -2.42. The summed E-state index contributed by atoms with van der Waals surface area (Å²) in [7, 11) is 1.22. The van der Waals surface area contributed by atoms with Crippen LogP contribution in [-0.2, 0) is 24.7 Å². The average molecular weight is 489 g/mol. The van der Waals surface area contributed by atoms with Crippen LogP contribution in [0.2, 0.25) is 0 Å². The maximum absolute atomic E-state index is 13.2. The van der Waals surface area contributed by atoms with Crippen molar-refractivity contribution in [3.8, 4) is 0 Å². The summed E-state index contributed by atoms with van der Waals surface area (Å²) < 4.78 is 4.47. The van der Waals surface area contributed by atoms with Crippen LogP contribution in [-0.4, -0.2) is 54.8 Å². The Balaban J connectivity index is 1.40. The summed E-state index contributed by atoms with van der Waals surface area (Å²) in [5, 5.41) is 9.65. The van der Waals surface area contributed by atoms with Gasteiger partial charge in [-0.3, -0.25) is 24.1 Å². The van der Waals surface area contributed by atoms with Crippen molar-refractivity contribution in [2.24, 2.45) is 0 Å². The lowest BCUT2D eigenvalue weighted by Gasteiger charge is -2.22. The molecule has 3 aromatic carbocycles. The van der Waals surface area contributed by atoms with E-state index in [0.29, 0.717) is 11.3 Å². The van der Waals surface area contributed by atoms with Gasteiger partial charge in [0, 0.05) is 11.3 Å². The van der Waals surface area contributed by atoms with Gasteiger partial charge in [-0.25, -0.2) is 4.79 Å². The number of esters is 1. The summed E-state index contributed by atoms with van der Waals surface area (Å²) in [4.78, 5) is 62.5. The summed E-state index contributed by atoms with van der Waals surface area (Å²) in [5.74, 6) is -2.17. The Kier molecular flexibility index (Phi) is 6.69. The van der Waals surface area contributed by atoms with E-state index in [-0.39, 0.29) is 12.1 Å². The van der Waals surface area contributed by atoms with Gasteiger partial charge in [-0.2, -0.15) is 0 Å². The van der Waals surface area contributed by atoms with Gasteiger partial charge < -0.3 is 20.7 Å². The number of nitrogens with zero attached hydrogens (tertiary/aromatic N) is 1. The number of benzene rings is 3. The van der Waals surface area contributed by atoms with E-state index in [1.54, 1.807) is 13.0 Å². The first kappa shape index (κ1) is 24.4. The normalized spacial score (nSPS) is 17.0. The number of rotatable bonds is 7. The predicted molar refractivity (Wildman–Crippen MR) is 131 cm³/mol. The molecular weight excluding hydrogens is 464 g/mol. The Hall–Kier alpha value is -4.73. The van der Waals surface area contributed by atoms with Crippen molar-refractivity contribution in [2.75, 3.05) is 25.5 Å². The van der Waals surface area contributed by atoms with Gasteiger partial charge in [0.05, 0.1) is 7.11 Å². The lowest BCUT2D eigenvalue weighted by atomic mass is 9.90. The van der Waals surface area contributed by atoms with Crippen LogP contribution in [0.3, 0.4) is 0 Å². The van der Waals surface area contributed by atoms with Gasteiger partial charge in [0.25, 0.3) is 11.8 Å². The first-order valence-electron chi connectivity index (χ1n) is 11.1. The number of imide groups is 1. The van der Waals surface area contributed by atoms with Crippen LogP contribution < -0.4 is 16.0 Å². The second kappa shape index (κ2) is 9.87. The van der Waals surface area contributed by atoms with E-state index in [1.807, 2.05) is 36.4 Å². The summed E-state index contributed by atoms with van der Waals surface area (Å²) in [5.41, 5.74) is -0.0461. The molecule has 1 atom stereocenters. The smallest absolute Gasteiger partial charge is 0.325 e. The minimum Gasteiger partial charge on any atom is -0.468 e. The van der Waals surface area contributed by atoms with E-state index in [0.717, 1.165) is 15.7 Å². The van der Waals surface area contributed by atoms with Crippen LogP contribution in [0.5, 0.6) is 0 Å². The molecule has 1 heterocycles. The zero-order valence-corrected chi connectivity index (χ0v) is 19.7. The van der Waals surface area contributed by atoms with Crippen molar-refractivity contribution < 1.29 is 28.7 Å². The van der Waals surface area contributed by atoms with E-state index >= 15 is 0 Å². The molecule has 10 heteroatoms. The standard InChI is InChI=1S/C26H24N4O6/c1-26(19-10-7-16-5-3-4-6-18(16)13-19)24(34)30(25(35)29-26)15-21(31)28-20-11-8-17(9-12-20)23(33)27-14-22(32)36-2/h3-13H,14-15H2,1-2H3,(H,27,33)(H,28,31)(H,29,35). The zero-order valence-electron chi connectivity index (χ0n) is 19.7. The van der Waals surface area contributed by atoms with Crippen LogP contribution in [0.25, 0.3) is 10.8 Å². The summed E-state index contributed by atoms with van der Waals surface area (Å²) >= 11 is 0. The van der Waals surface area contributed by atoms with Gasteiger partial charge >= 0.3 is 12.0 Å². The molecule has 1 fully saturated rings. The number of urea groups is 1. The van der Waals surface area contributed by atoms with Crippen molar-refractivity contribution in [1.82, 2.24) is 15.5 Å². The molecule has 1 aliphatic rings. The van der Waals surface area contributed by atoms with Gasteiger partial charge in [0.2, 0.25) is 5.91 Å². The monoisotopic (exact) mass is 488 g/mol. The van der Waals surface area contributed by atoms with Gasteiger partial charge in [-0.15, -0.1) is 0 Å². The van der Waals surface area contributed by atoms with Gasteiger partial charge in [-0.1, -0.05) is 36.4 Å². The number of carbonyl (C=O) groups is 5. The Labute approximate surface area is 206 Å². The highest BCUT2D eigenvalue weighted by Gasteiger charge is 2.49. The number of hydrogen-bond acceptors (Lipinski definition) is 6. The minimum absolute atomic E-state index is 0.266. The van der Waals surface area contributed by atoms with Crippen molar-refractivity contribution in [3.63, 3.8) is 0 Å². The fourth-order valence-electron chi connectivity index (χ4n) is 3.91. The van der Waals surface area contributed by atoms with Crippen LogP contribution in [0, 0.1) is 0 Å². The fourth-order valence-corrected chi connectivity index (χ4v) is 3.91. The van der Waals surface area contributed by atoms with E-state index in [2.05, 4.69) is 20.7 Å². The van der Waals surface area contributed by atoms with E-state index in [1.165, 1.54) is 31.4 Å². The van der Waals surface area contributed by atoms with E-state index < -0.39 is 41.8 Å². The van der Waals surface area contributed by atoms with Crippen molar-refractivity contribution in [2.45, 2.75) is 12.5 Å². The third kappa shape index (κ3) is 4.88. The third-order valence-corrected chi connectivity index (χ3v) is 5.96. The quantitative estimate of drug-likeness (QED) is 0.345. The summed E-state index contributed by atoms with van der Waals surface area (Å²) in [6.07, 6.45) is 0. The molecule has 0 radical (unpaired) electrons. The molecule has 0 aliphatic carbocycles. The minimum atomic E-state index is -1.30. The molecule has 0 spiro atoms. The van der Waals surface area contributed by atoms with E-state index in [9.17, 15) is 24.0 Å². The lowest BCUT2D eigenvalue weighted by molar-refractivity contribution is -0.139. The van der Waals surface area contributed by atoms with Crippen LogP contribution >= 0.6 is 0 Å². The SMILES string of the molecule is COC(=O)CNC(=O)c1ccc(NC(=O)CN2C(=O)NC(C)(c3ccc4ccccc4c3)C2=O)cc1. The second-order valence-corrected chi connectivity index (χ2v) is 8.39. The molecule has 3 aromatic rings. The second-order valence-electron chi connectivity index (χ2n) is 8.39. The topological polar surface area (TPSA) is 134 Å². The van der Waals surface area contributed by atoms with Crippen LogP contribution in [0.15, 0.2) is 66.7 Å². The molecule has 184 valence electrons. The molecule has 3 N–H and O–H groups in total. The molecule has 5 amide bonds. The fraction of sp³-hybridized carbons (Fsp3) is 0.192. The molecule has 4 rings (SSSR count). The Bertz CT molecular complexity index is 1370. The molecule has 0 bridgehead atoms. The Morgan fingerprint density at radius 1 is 0.972 bits per heavy atom. The number of methoxy groups -OCH3 is 1. The van der Waals surface area contributed by atoms with Crippen molar-refractivity contribution >= 4 is 46.2 Å². The number of fused-ring (bicyclic) bond motifs is 1. The van der Waals surface area contributed by atoms with Gasteiger partial charge in [-0.05, 0) is 53.6 Å². The number of anilines is 1. The molecule has 36 heavy (non-hydrogen) atoms. The number of nitrogens with one attached hydrogen (secondary N) is 3. The number of amides is 5. The number of carbonyl (C=O) groups excluding carboxylic acids is 5. The van der Waals surface area contributed by atoms with Crippen molar-refractivity contribution in [1.29, 1.82) is 0 Å². The first-order chi connectivity index (χ1) is 17.2. The average Bonchev–Trinajstić information content (AvgIpc) is 3.10. The molecule has 0 saturated carbocycles. The highest BCUT2D eigenvalue weighted by Crippen LogP contribution is 2.31. The zero-order chi connectivity index (χ0) is 25.9. The molecule has 1 unspecified atom stereocenters. The number of ether oxygens (including phenoxy) is 1. The highest BCUT2D eigenvalue weighted by molar-refractivity contribution is 6.10. The largest absolute Gasteiger partial charge is 0.468 e. The van der Waals surface area contributed by atoms with Gasteiger partial charge in [0.1, 0.15) is 18.6 Å². The molecule has 0 aromatic heterocycles. The molecule has 10 nitrogen and oxygen atoms in total. The summed E-state index contributed by atoms with van der Waals surface area (Å²) in [6.45, 7) is 0.867. The molecule has 1 aliphatic heterocycles. The maximum atomic E-state index is 13.2. The Morgan fingerprint density at radius 2 is 1.67 bits per heavy atom. The van der Waals surface area contributed by atoms with Gasteiger partial charge in [0.15, 0.2) is 0 Å². The van der Waals surface area contributed by atoms with E-state index in [4.69, 9.17) is 0 Å². The molecular formula is C26H24N4O6. The predicted octanol–water partition coefficient (Wildman–Crippen LogP) is 2.15. The Morgan fingerprint density at radius 3 is 2.36 bits per heavy atom. The first-order valence-corrected chi connectivity index (χ1v) is 11.1. The van der Waals surface area contributed by atoms with Crippen LogP contribution in [0.1, 0.15) is 22.8 Å². The highest BCUT2D eigenvalue weighted by atomic mass is 16.5. The van der Waals surface area contributed by atoms with Crippen LogP contribution in [0.4, 0.5) is 10.5 Å². The van der Waals surface area contributed by atoms with Crippen molar-refractivity contribution in [3.05, 3.63) is 77.9 Å². The third-order valence-electron chi connectivity index (χ3n) is 5.96. The molecule has 1 saturated heterocycles. The maximum Gasteiger partial charge on any atom is 0.325 e.